The van der Waals surface area contributed by atoms with E-state index in [-0.39, 0.29) is 5.75 Å². The van der Waals surface area contributed by atoms with Crippen LogP contribution in [0.1, 0.15) is 19.4 Å². The molecule has 24 heavy (non-hydrogen) atoms. The second-order valence-corrected chi connectivity index (χ2v) is 7.56. The van der Waals surface area contributed by atoms with E-state index >= 15 is 0 Å². The molecule has 1 aliphatic heterocycles. The Bertz CT molecular complexity index is 920. The largest absolute Gasteiger partial charge is 0.483 e. The molecule has 0 unspecified atom stereocenters. The first-order valence-corrected chi connectivity index (χ1v) is 8.59. The Balaban J connectivity index is 2.02. The van der Waals surface area contributed by atoms with Crippen molar-refractivity contribution in [2.24, 2.45) is 0 Å². The summed E-state index contributed by atoms with van der Waals surface area (Å²) < 4.78 is 35.9. The van der Waals surface area contributed by atoms with Crippen LogP contribution in [0.2, 0.25) is 0 Å². The lowest BCUT2D eigenvalue weighted by molar-refractivity contribution is -0.387. The number of fused-ring (bicyclic) bond motifs is 1. The van der Waals surface area contributed by atoms with E-state index in [1.54, 1.807) is 6.07 Å². The van der Waals surface area contributed by atoms with Gasteiger partial charge in [-0.2, -0.15) is 8.42 Å². The average molecular weight is 349 g/mol. The smallest absolute Gasteiger partial charge is 0.346 e. The molecule has 3 rings (SSSR count). The number of hydrogen-bond acceptors (Lipinski definition) is 6. The summed E-state index contributed by atoms with van der Waals surface area (Å²) in [5.41, 5.74) is -0.175. The van der Waals surface area contributed by atoms with Crippen LogP contribution in [0.15, 0.2) is 47.4 Å². The highest BCUT2D eigenvalue weighted by atomic mass is 32.2. The number of hydrogen-bond donors (Lipinski definition) is 0. The first-order valence-electron chi connectivity index (χ1n) is 7.18. The second kappa shape index (κ2) is 5.48. The summed E-state index contributed by atoms with van der Waals surface area (Å²) in [6.45, 7) is 3.76. The van der Waals surface area contributed by atoms with E-state index in [9.17, 15) is 18.5 Å². The van der Waals surface area contributed by atoms with Crippen molar-refractivity contribution in [1.29, 1.82) is 0 Å². The fraction of sp³-hybridized carbons (Fsp3) is 0.250. The van der Waals surface area contributed by atoms with E-state index in [0.29, 0.717) is 12.2 Å². The molecule has 0 amide bonds. The predicted octanol–water partition coefficient (Wildman–Crippen LogP) is 3.08. The van der Waals surface area contributed by atoms with Gasteiger partial charge in [-0.1, -0.05) is 24.3 Å². The van der Waals surface area contributed by atoms with E-state index in [1.807, 2.05) is 19.9 Å². The minimum Gasteiger partial charge on any atom is -0.483 e. The molecule has 1 heterocycles. The Morgan fingerprint density at radius 2 is 1.88 bits per heavy atom. The van der Waals surface area contributed by atoms with Gasteiger partial charge in [0.15, 0.2) is 16.4 Å². The second-order valence-electron chi connectivity index (χ2n) is 6.05. The topological polar surface area (TPSA) is 95.7 Å². The van der Waals surface area contributed by atoms with Crippen molar-refractivity contribution < 1.29 is 22.3 Å². The van der Waals surface area contributed by atoms with Crippen LogP contribution in [-0.4, -0.2) is 18.9 Å². The first-order chi connectivity index (χ1) is 11.2. The molecular formula is C16H15NO6S. The predicted molar refractivity (Wildman–Crippen MR) is 85.8 cm³/mol. The third-order valence-electron chi connectivity index (χ3n) is 3.59. The van der Waals surface area contributed by atoms with Crippen LogP contribution in [0.3, 0.4) is 0 Å². The van der Waals surface area contributed by atoms with Gasteiger partial charge in [-0.15, -0.1) is 0 Å². The van der Waals surface area contributed by atoms with Gasteiger partial charge in [-0.25, -0.2) is 0 Å². The molecule has 0 aliphatic carbocycles. The highest BCUT2D eigenvalue weighted by Gasteiger charge is 2.34. The molecule has 1 aliphatic rings. The Hall–Kier alpha value is -2.61. The molecule has 0 radical (unpaired) electrons. The van der Waals surface area contributed by atoms with Gasteiger partial charge in [0.05, 0.1) is 4.92 Å². The molecule has 0 spiro atoms. The number of nitrogens with zero attached hydrogens (tertiary/aromatic N) is 1. The number of ether oxygens (including phenoxy) is 1. The third kappa shape index (κ3) is 2.92. The minimum atomic E-state index is -4.37. The van der Waals surface area contributed by atoms with Crippen LogP contribution in [0.5, 0.6) is 11.5 Å². The van der Waals surface area contributed by atoms with Gasteiger partial charge in [0.25, 0.3) is 5.69 Å². The Morgan fingerprint density at radius 1 is 1.17 bits per heavy atom. The molecule has 0 atom stereocenters. The van der Waals surface area contributed by atoms with Crippen LogP contribution < -0.4 is 8.92 Å². The summed E-state index contributed by atoms with van der Waals surface area (Å²) in [5.74, 6) is 0.376. The van der Waals surface area contributed by atoms with Crippen LogP contribution in [-0.2, 0) is 16.5 Å². The molecule has 0 saturated carbocycles. The number of benzene rings is 2. The highest BCUT2D eigenvalue weighted by Crippen LogP contribution is 2.43. The van der Waals surface area contributed by atoms with Crippen molar-refractivity contribution in [2.45, 2.75) is 30.8 Å². The zero-order valence-corrected chi connectivity index (χ0v) is 13.9. The monoisotopic (exact) mass is 349 g/mol. The fourth-order valence-corrected chi connectivity index (χ4v) is 3.74. The first kappa shape index (κ1) is 16.3. The van der Waals surface area contributed by atoms with Crippen molar-refractivity contribution in [1.82, 2.24) is 0 Å². The zero-order chi connectivity index (χ0) is 17.5. The van der Waals surface area contributed by atoms with E-state index in [4.69, 9.17) is 8.92 Å². The molecule has 8 heteroatoms. The van der Waals surface area contributed by atoms with E-state index < -0.39 is 31.2 Å². The van der Waals surface area contributed by atoms with Crippen molar-refractivity contribution in [3.63, 3.8) is 0 Å². The lowest BCUT2D eigenvalue weighted by Crippen LogP contribution is -2.24. The van der Waals surface area contributed by atoms with Gasteiger partial charge in [-0.3, -0.25) is 10.1 Å². The number of para-hydroxylation sites is 2. The molecule has 0 bridgehead atoms. The van der Waals surface area contributed by atoms with Gasteiger partial charge in [-0.05, 0) is 26.0 Å². The summed E-state index contributed by atoms with van der Waals surface area (Å²) in [6.07, 6.45) is 0.616. The van der Waals surface area contributed by atoms with Crippen LogP contribution in [0.25, 0.3) is 0 Å². The summed E-state index contributed by atoms with van der Waals surface area (Å²) in [4.78, 5) is 9.80. The van der Waals surface area contributed by atoms with Gasteiger partial charge in [0, 0.05) is 18.1 Å². The molecule has 0 N–H and O–H groups in total. The van der Waals surface area contributed by atoms with Gasteiger partial charge < -0.3 is 8.92 Å². The normalized spacial score (nSPS) is 15.4. The van der Waals surface area contributed by atoms with Crippen LogP contribution in [0.4, 0.5) is 5.69 Å². The van der Waals surface area contributed by atoms with Crippen molar-refractivity contribution in [3.05, 3.63) is 58.1 Å². The Morgan fingerprint density at radius 3 is 2.58 bits per heavy atom. The molecule has 0 aromatic heterocycles. The Kier molecular flexibility index (Phi) is 3.71. The maximum Gasteiger partial charge on any atom is 0.346 e. The molecule has 0 fully saturated rings. The summed E-state index contributed by atoms with van der Waals surface area (Å²) in [7, 11) is -4.37. The molecule has 7 nitrogen and oxygen atoms in total. The molecule has 0 saturated heterocycles. The SMILES string of the molecule is CC1(C)Cc2cccc(OS(=O)(=O)c3ccccc3[N+](=O)[O-])c2O1. The average Bonchev–Trinajstić information content (AvgIpc) is 2.82. The summed E-state index contributed by atoms with van der Waals surface area (Å²) in [6, 6.07) is 10.0. The fourth-order valence-electron chi connectivity index (χ4n) is 2.64. The number of nitro benzene ring substituents is 1. The standard InChI is InChI=1S/C16H15NO6S/c1-16(2)10-11-6-5-8-13(15(11)22-16)23-24(20,21)14-9-4-3-7-12(14)17(18)19/h3-9H,10H2,1-2H3. The maximum absolute atomic E-state index is 12.5. The third-order valence-corrected chi connectivity index (χ3v) is 4.87. The van der Waals surface area contributed by atoms with Crippen LogP contribution in [0, 0.1) is 10.1 Å². The van der Waals surface area contributed by atoms with Gasteiger partial charge in [0.1, 0.15) is 5.60 Å². The summed E-state index contributed by atoms with van der Waals surface area (Å²) >= 11 is 0. The van der Waals surface area contributed by atoms with Crippen molar-refractivity contribution in [2.75, 3.05) is 0 Å². The maximum atomic E-state index is 12.5. The molecule has 126 valence electrons. The van der Waals surface area contributed by atoms with Gasteiger partial charge in [0.2, 0.25) is 0 Å². The van der Waals surface area contributed by atoms with Crippen molar-refractivity contribution in [3.8, 4) is 11.5 Å². The molecule has 2 aromatic rings. The van der Waals surface area contributed by atoms with E-state index in [0.717, 1.165) is 17.7 Å². The molecule has 2 aromatic carbocycles. The zero-order valence-electron chi connectivity index (χ0n) is 13.1. The summed E-state index contributed by atoms with van der Waals surface area (Å²) in [5, 5.41) is 11.1. The number of rotatable bonds is 4. The van der Waals surface area contributed by atoms with E-state index in [1.165, 1.54) is 18.2 Å². The van der Waals surface area contributed by atoms with Crippen molar-refractivity contribution >= 4 is 15.8 Å². The quantitative estimate of drug-likeness (QED) is 0.478. The minimum absolute atomic E-state index is 0.0243. The molecular weight excluding hydrogens is 334 g/mol. The Labute approximate surface area is 139 Å². The lowest BCUT2D eigenvalue weighted by atomic mass is 10.0. The van der Waals surface area contributed by atoms with Crippen LogP contribution >= 0.6 is 0 Å². The van der Waals surface area contributed by atoms with Gasteiger partial charge >= 0.3 is 10.1 Å². The number of nitro groups is 1. The van der Waals surface area contributed by atoms with E-state index in [2.05, 4.69) is 0 Å². The highest BCUT2D eigenvalue weighted by molar-refractivity contribution is 7.87. The lowest BCUT2D eigenvalue weighted by Gasteiger charge is -2.18.